The Morgan fingerprint density at radius 3 is 2.69 bits per heavy atom. The van der Waals surface area contributed by atoms with Gasteiger partial charge in [0.1, 0.15) is 6.29 Å². The van der Waals surface area contributed by atoms with Gasteiger partial charge in [0.05, 0.1) is 6.04 Å². The molecule has 0 radical (unpaired) electrons. The first-order valence-electron chi connectivity index (χ1n) is 9.39. The second-order valence-electron chi connectivity index (χ2n) is 7.32. The highest BCUT2D eigenvalue weighted by Gasteiger charge is 2.33. The molecule has 1 aromatic rings. The van der Waals surface area contributed by atoms with Crippen molar-refractivity contribution in [3.8, 4) is 0 Å². The minimum Gasteiger partial charge on any atom is -0.310 e. The molecular formula is C20H27N3O3. The number of rotatable bonds is 5. The zero-order valence-corrected chi connectivity index (χ0v) is 15.5. The fraction of sp³-hybridized carbons (Fsp3) is 0.550. The number of carbonyl (C=O) groups is 3. The summed E-state index contributed by atoms with van der Waals surface area (Å²) in [5.74, 6) is -0.473. The number of nitrogens with zero attached hydrogens (tertiary/aromatic N) is 1. The van der Waals surface area contributed by atoms with Crippen molar-refractivity contribution in [1.82, 2.24) is 15.5 Å². The average molecular weight is 357 g/mol. The maximum Gasteiger partial charge on any atom is 0.243 e. The molecule has 2 aliphatic heterocycles. The van der Waals surface area contributed by atoms with Crippen molar-refractivity contribution in [2.75, 3.05) is 13.6 Å². The number of nitrogens with one attached hydrogen (secondary N) is 2. The minimum absolute atomic E-state index is 0.109. The van der Waals surface area contributed by atoms with Crippen molar-refractivity contribution in [2.24, 2.45) is 0 Å². The third-order valence-electron chi connectivity index (χ3n) is 5.71. The molecule has 2 N–H and O–H groups in total. The molecule has 1 aromatic carbocycles. The smallest absolute Gasteiger partial charge is 0.243 e. The van der Waals surface area contributed by atoms with E-state index in [0.717, 1.165) is 24.8 Å². The number of imide groups is 1. The Kier molecular flexibility index (Phi) is 5.84. The van der Waals surface area contributed by atoms with E-state index in [1.165, 1.54) is 18.4 Å². The predicted octanol–water partition coefficient (Wildman–Crippen LogP) is 2.11. The molecule has 2 fully saturated rings. The molecule has 2 heterocycles. The monoisotopic (exact) mass is 357 g/mol. The summed E-state index contributed by atoms with van der Waals surface area (Å²) in [6.07, 6.45) is 5.23. The number of hydrogen-bond donors (Lipinski definition) is 2. The van der Waals surface area contributed by atoms with E-state index in [4.69, 9.17) is 0 Å². The molecule has 0 spiro atoms. The Balaban J connectivity index is 1.84. The summed E-state index contributed by atoms with van der Waals surface area (Å²) in [6, 6.07) is 5.84. The summed E-state index contributed by atoms with van der Waals surface area (Å²) in [4.78, 5) is 37.1. The van der Waals surface area contributed by atoms with Crippen molar-refractivity contribution in [3.63, 3.8) is 0 Å². The van der Waals surface area contributed by atoms with Crippen molar-refractivity contribution < 1.29 is 14.4 Å². The van der Waals surface area contributed by atoms with Crippen LogP contribution in [0.2, 0.25) is 0 Å². The van der Waals surface area contributed by atoms with Gasteiger partial charge in [-0.05, 0) is 50.9 Å². The molecule has 3 rings (SSSR count). The topological polar surface area (TPSA) is 78.5 Å². The van der Waals surface area contributed by atoms with E-state index in [1.807, 2.05) is 31.0 Å². The first-order valence-corrected chi connectivity index (χ1v) is 9.39. The fourth-order valence-corrected chi connectivity index (χ4v) is 3.98. The number of piperidine rings is 2. The van der Waals surface area contributed by atoms with E-state index in [2.05, 4.69) is 16.7 Å². The van der Waals surface area contributed by atoms with Gasteiger partial charge in [0.15, 0.2) is 0 Å². The summed E-state index contributed by atoms with van der Waals surface area (Å²) < 4.78 is 0. The molecule has 2 aliphatic rings. The lowest BCUT2D eigenvalue weighted by atomic mass is 9.91. The van der Waals surface area contributed by atoms with E-state index in [0.29, 0.717) is 24.4 Å². The number of carbonyl (C=O) groups excluding carboxylic acids is 3. The molecule has 3 atom stereocenters. The van der Waals surface area contributed by atoms with Crippen LogP contribution in [-0.2, 0) is 9.59 Å². The van der Waals surface area contributed by atoms with Gasteiger partial charge in [-0.2, -0.15) is 0 Å². The molecule has 6 heteroatoms. The second-order valence-corrected chi connectivity index (χ2v) is 7.32. The Labute approximate surface area is 154 Å². The number of hydrogen-bond acceptors (Lipinski definition) is 5. The van der Waals surface area contributed by atoms with Crippen molar-refractivity contribution in [2.45, 2.75) is 57.2 Å². The number of amides is 2. The molecular weight excluding hydrogens is 330 g/mol. The van der Waals surface area contributed by atoms with E-state index < -0.39 is 0 Å². The molecule has 2 saturated heterocycles. The molecule has 0 bridgehead atoms. The standard InChI is InChI=1S/C20H27N3O3/c1-13(23(2)18-8-9-19(25)22-20(18)26)16-11-14(6-7-15(16)12-24)17-5-3-4-10-21-17/h6-7,11-13,17-18,21H,3-5,8-10H2,1-2H3,(H,22,25,26). The predicted molar refractivity (Wildman–Crippen MR) is 98.8 cm³/mol. The van der Waals surface area contributed by atoms with Crippen molar-refractivity contribution >= 4 is 18.1 Å². The van der Waals surface area contributed by atoms with Gasteiger partial charge < -0.3 is 5.32 Å². The Morgan fingerprint density at radius 1 is 1.23 bits per heavy atom. The maximum atomic E-state index is 12.2. The van der Waals surface area contributed by atoms with Crippen LogP contribution in [0.5, 0.6) is 0 Å². The first kappa shape index (κ1) is 18.7. The van der Waals surface area contributed by atoms with E-state index in [-0.39, 0.29) is 23.9 Å². The molecule has 0 saturated carbocycles. The highest BCUT2D eigenvalue weighted by atomic mass is 16.2. The van der Waals surface area contributed by atoms with Crippen LogP contribution in [0.4, 0.5) is 0 Å². The summed E-state index contributed by atoms with van der Waals surface area (Å²) in [6.45, 7) is 3.02. The van der Waals surface area contributed by atoms with E-state index in [1.54, 1.807) is 0 Å². The molecule has 6 nitrogen and oxygen atoms in total. The molecule has 140 valence electrons. The summed E-state index contributed by atoms with van der Waals surface area (Å²) in [5.41, 5.74) is 2.77. The third-order valence-corrected chi connectivity index (χ3v) is 5.71. The molecule has 2 amide bonds. The Morgan fingerprint density at radius 2 is 2.04 bits per heavy atom. The second kappa shape index (κ2) is 8.10. The van der Waals surface area contributed by atoms with Crippen LogP contribution in [0.1, 0.15) is 72.6 Å². The first-order chi connectivity index (χ1) is 12.5. The van der Waals surface area contributed by atoms with Gasteiger partial charge in [-0.1, -0.05) is 24.6 Å². The van der Waals surface area contributed by atoms with Crippen LogP contribution >= 0.6 is 0 Å². The average Bonchev–Trinajstić information content (AvgIpc) is 2.67. The molecule has 26 heavy (non-hydrogen) atoms. The normalized spacial score (nSPS) is 25.0. The summed E-state index contributed by atoms with van der Waals surface area (Å²) >= 11 is 0. The largest absolute Gasteiger partial charge is 0.310 e. The molecule has 0 aromatic heterocycles. The minimum atomic E-state index is -0.362. The molecule has 3 unspecified atom stereocenters. The van der Waals surface area contributed by atoms with Gasteiger partial charge in [-0.15, -0.1) is 0 Å². The van der Waals surface area contributed by atoms with E-state index in [9.17, 15) is 14.4 Å². The van der Waals surface area contributed by atoms with Crippen molar-refractivity contribution in [3.05, 3.63) is 34.9 Å². The van der Waals surface area contributed by atoms with Crippen LogP contribution in [-0.4, -0.2) is 42.6 Å². The zero-order valence-electron chi connectivity index (χ0n) is 15.5. The third kappa shape index (κ3) is 3.86. The lowest BCUT2D eigenvalue weighted by Gasteiger charge is -2.35. The highest BCUT2D eigenvalue weighted by molar-refractivity contribution is 6.00. The lowest BCUT2D eigenvalue weighted by molar-refractivity contribution is -0.137. The van der Waals surface area contributed by atoms with Crippen LogP contribution in [0.15, 0.2) is 18.2 Å². The highest BCUT2D eigenvalue weighted by Crippen LogP contribution is 2.30. The zero-order chi connectivity index (χ0) is 18.7. The SMILES string of the molecule is CC(c1cc(C2CCCCN2)ccc1C=O)N(C)C1CCC(=O)NC1=O. The molecule has 0 aliphatic carbocycles. The van der Waals surface area contributed by atoms with Gasteiger partial charge in [-0.3, -0.25) is 24.6 Å². The van der Waals surface area contributed by atoms with Crippen molar-refractivity contribution in [1.29, 1.82) is 0 Å². The van der Waals surface area contributed by atoms with Gasteiger partial charge in [0.2, 0.25) is 11.8 Å². The number of benzene rings is 1. The Hall–Kier alpha value is -2.05. The maximum absolute atomic E-state index is 12.2. The summed E-state index contributed by atoms with van der Waals surface area (Å²) in [7, 11) is 1.88. The van der Waals surface area contributed by atoms with Crippen LogP contribution in [0.3, 0.4) is 0 Å². The number of likely N-dealkylation sites (N-methyl/N-ethyl adjacent to an activating group) is 1. The van der Waals surface area contributed by atoms with Gasteiger partial charge in [0.25, 0.3) is 0 Å². The van der Waals surface area contributed by atoms with Gasteiger partial charge >= 0.3 is 0 Å². The number of aldehydes is 1. The van der Waals surface area contributed by atoms with Crippen LogP contribution in [0, 0.1) is 0 Å². The fourth-order valence-electron chi connectivity index (χ4n) is 3.98. The van der Waals surface area contributed by atoms with Crippen LogP contribution in [0.25, 0.3) is 0 Å². The van der Waals surface area contributed by atoms with E-state index >= 15 is 0 Å². The van der Waals surface area contributed by atoms with Gasteiger partial charge in [-0.25, -0.2) is 0 Å². The quantitative estimate of drug-likeness (QED) is 0.623. The lowest BCUT2D eigenvalue weighted by Crippen LogP contribution is -2.51. The van der Waals surface area contributed by atoms with Crippen LogP contribution < -0.4 is 10.6 Å². The Bertz CT molecular complexity index is 698. The summed E-state index contributed by atoms with van der Waals surface area (Å²) in [5, 5.41) is 5.95. The van der Waals surface area contributed by atoms with Gasteiger partial charge in [0, 0.05) is 24.1 Å².